The molecule has 0 spiro atoms. The zero-order valence-corrected chi connectivity index (χ0v) is 22.3. The van der Waals surface area contributed by atoms with Gasteiger partial charge in [-0.3, -0.25) is 0 Å². The number of methoxy groups -OCH3 is 1. The van der Waals surface area contributed by atoms with Crippen molar-refractivity contribution in [3.63, 3.8) is 0 Å². The predicted octanol–water partition coefficient (Wildman–Crippen LogP) is 4.09. The second-order valence-electron chi connectivity index (χ2n) is 9.86. The Bertz CT molecular complexity index is 1340. The summed E-state index contributed by atoms with van der Waals surface area (Å²) >= 11 is 0. The van der Waals surface area contributed by atoms with Crippen molar-refractivity contribution in [2.24, 2.45) is 5.92 Å². The van der Waals surface area contributed by atoms with Crippen LogP contribution in [0.25, 0.3) is 0 Å². The lowest BCUT2D eigenvalue weighted by atomic mass is 9.61. The van der Waals surface area contributed by atoms with E-state index in [9.17, 15) is 18.3 Å². The van der Waals surface area contributed by atoms with Gasteiger partial charge in [0.2, 0.25) is 10.0 Å². The minimum atomic E-state index is -3.59. The Morgan fingerprint density at radius 1 is 1.05 bits per heavy atom. The number of aromatic carboxylic acids is 1. The number of ether oxygens (including phenoxy) is 1. The van der Waals surface area contributed by atoms with Gasteiger partial charge >= 0.3 is 5.97 Å². The maximum Gasteiger partial charge on any atom is 0.335 e. The Morgan fingerprint density at radius 3 is 2.43 bits per heavy atom. The Labute approximate surface area is 219 Å². The van der Waals surface area contributed by atoms with Crippen molar-refractivity contribution < 1.29 is 23.1 Å². The molecule has 3 aromatic carbocycles. The van der Waals surface area contributed by atoms with Crippen LogP contribution in [0.3, 0.4) is 0 Å². The Hall–Kier alpha value is -3.20. The molecule has 0 aliphatic carbocycles. The molecule has 7 nitrogen and oxygen atoms in total. The normalized spacial score (nSPS) is 20.6. The van der Waals surface area contributed by atoms with Gasteiger partial charge in [-0.2, -0.15) is 0 Å². The second-order valence-corrected chi connectivity index (χ2v) is 11.8. The van der Waals surface area contributed by atoms with Crippen LogP contribution in [0.1, 0.15) is 33.5 Å². The third-order valence-electron chi connectivity index (χ3n) is 7.27. The number of rotatable bonds is 9. The summed E-state index contributed by atoms with van der Waals surface area (Å²) < 4.78 is 34.2. The summed E-state index contributed by atoms with van der Waals surface area (Å²) in [5.41, 5.74) is 1.87. The fourth-order valence-corrected chi connectivity index (χ4v) is 7.20. The van der Waals surface area contributed by atoms with Crippen LogP contribution in [-0.4, -0.2) is 69.5 Å². The third-order valence-corrected chi connectivity index (χ3v) is 9.09. The molecule has 2 atom stereocenters. The van der Waals surface area contributed by atoms with Crippen LogP contribution in [0.15, 0.2) is 78.9 Å². The van der Waals surface area contributed by atoms with Crippen LogP contribution in [0.2, 0.25) is 0 Å². The summed E-state index contributed by atoms with van der Waals surface area (Å²) in [4.78, 5) is 14.4. The summed E-state index contributed by atoms with van der Waals surface area (Å²) in [5, 5.41) is 10.1. The Kier molecular flexibility index (Phi) is 8.02. The standard InChI is InChI=1S/C29H34N2O5S/c1-30(2)19-24-20-31(37(34,35)21-22-10-5-4-6-11-22)17-16-29(24,23-12-9-13-25(18-23)36-3)27-15-8-7-14-26(27)28(32)33/h4-15,18,24H,16-17,19-21H2,1-3H3,(H,32,33)/t24-,29-/m1/s1. The highest BCUT2D eigenvalue weighted by molar-refractivity contribution is 7.88. The number of hydrogen-bond donors (Lipinski definition) is 1. The van der Waals surface area contributed by atoms with E-state index in [4.69, 9.17) is 4.74 Å². The number of piperidine rings is 1. The largest absolute Gasteiger partial charge is 0.497 e. The maximum atomic E-state index is 13.5. The van der Waals surface area contributed by atoms with Crippen LogP contribution >= 0.6 is 0 Å². The minimum absolute atomic E-state index is 0.0691. The van der Waals surface area contributed by atoms with Crippen molar-refractivity contribution in [2.45, 2.75) is 17.6 Å². The number of carboxylic acid groups (broad SMARTS) is 1. The van der Waals surface area contributed by atoms with Gasteiger partial charge in [0.25, 0.3) is 0 Å². The second kappa shape index (κ2) is 11.0. The summed E-state index contributed by atoms with van der Waals surface area (Å²) in [5.74, 6) is -0.608. The summed E-state index contributed by atoms with van der Waals surface area (Å²) in [6, 6.07) is 24.0. The highest BCUT2D eigenvalue weighted by atomic mass is 32.2. The number of carbonyl (C=O) groups is 1. The van der Waals surface area contributed by atoms with Gasteiger partial charge in [0.1, 0.15) is 5.75 Å². The van der Waals surface area contributed by atoms with Crippen molar-refractivity contribution in [1.29, 1.82) is 0 Å². The molecule has 4 rings (SSSR count). The molecule has 0 radical (unpaired) electrons. The van der Waals surface area contributed by atoms with Gasteiger partial charge in [0.05, 0.1) is 18.4 Å². The van der Waals surface area contributed by atoms with Gasteiger partial charge < -0.3 is 14.7 Å². The molecule has 0 bridgehead atoms. The number of hydrogen-bond acceptors (Lipinski definition) is 5. The lowest BCUT2D eigenvalue weighted by Gasteiger charge is -2.49. The molecule has 3 aromatic rings. The van der Waals surface area contributed by atoms with E-state index < -0.39 is 21.4 Å². The fourth-order valence-electron chi connectivity index (χ4n) is 5.63. The maximum absolute atomic E-state index is 13.5. The van der Waals surface area contributed by atoms with Gasteiger partial charge in [-0.15, -0.1) is 0 Å². The smallest absolute Gasteiger partial charge is 0.335 e. The average Bonchev–Trinajstić information content (AvgIpc) is 2.88. The first kappa shape index (κ1) is 26.9. The molecule has 196 valence electrons. The molecule has 0 aromatic heterocycles. The zero-order chi connectivity index (χ0) is 26.6. The molecule has 1 heterocycles. The van der Waals surface area contributed by atoms with E-state index in [0.29, 0.717) is 24.3 Å². The Balaban J connectivity index is 1.85. The minimum Gasteiger partial charge on any atom is -0.497 e. The van der Waals surface area contributed by atoms with Gasteiger partial charge in [-0.1, -0.05) is 60.7 Å². The highest BCUT2D eigenvalue weighted by Gasteiger charge is 2.49. The lowest BCUT2D eigenvalue weighted by Crippen LogP contribution is -2.55. The van der Waals surface area contributed by atoms with Crippen LogP contribution in [-0.2, 0) is 21.2 Å². The number of benzene rings is 3. The third kappa shape index (κ3) is 5.56. The first-order valence-electron chi connectivity index (χ1n) is 12.3. The van der Waals surface area contributed by atoms with Crippen LogP contribution in [0.5, 0.6) is 5.75 Å². The summed E-state index contributed by atoms with van der Waals surface area (Å²) in [7, 11) is 1.93. The van der Waals surface area contributed by atoms with Crippen molar-refractivity contribution in [1.82, 2.24) is 9.21 Å². The van der Waals surface area contributed by atoms with Gasteiger partial charge in [-0.05, 0) is 61.3 Å². The number of sulfonamides is 1. The molecule has 1 saturated heterocycles. The molecule has 37 heavy (non-hydrogen) atoms. The van der Waals surface area contributed by atoms with Crippen LogP contribution < -0.4 is 4.74 Å². The molecule has 1 fully saturated rings. The lowest BCUT2D eigenvalue weighted by molar-refractivity contribution is 0.0689. The van der Waals surface area contributed by atoms with Crippen molar-refractivity contribution in [3.05, 3.63) is 101 Å². The van der Waals surface area contributed by atoms with Crippen LogP contribution in [0.4, 0.5) is 0 Å². The van der Waals surface area contributed by atoms with Gasteiger partial charge in [0, 0.05) is 25.0 Å². The zero-order valence-electron chi connectivity index (χ0n) is 21.5. The topological polar surface area (TPSA) is 87.1 Å². The van der Waals surface area contributed by atoms with Crippen LogP contribution in [0, 0.1) is 5.92 Å². The molecule has 1 aliphatic heterocycles. The van der Waals surface area contributed by atoms with E-state index in [2.05, 4.69) is 0 Å². The van der Waals surface area contributed by atoms with Crippen molar-refractivity contribution in [3.8, 4) is 5.75 Å². The number of carboxylic acids is 1. The van der Waals surface area contributed by atoms with E-state index >= 15 is 0 Å². The highest BCUT2D eigenvalue weighted by Crippen LogP contribution is 2.48. The summed E-state index contributed by atoms with van der Waals surface area (Å²) in [6.45, 7) is 1.13. The molecule has 0 saturated carbocycles. The van der Waals surface area contributed by atoms with E-state index in [1.807, 2.05) is 85.7 Å². The van der Waals surface area contributed by atoms with E-state index in [1.54, 1.807) is 23.5 Å². The molecule has 0 unspecified atom stereocenters. The average molecular weight is 523 g/mol. The summed E-state index contributed by atoms with van der Waals surface area (Å²) in [6.07, 6.45) is 0.441. The van der Waals surface area contributed by atoms with E-state index in [1.165, 1.54) is 0 Å². The molecule has 1 N–H and O–H groups in total. The predicted molar refractivity (Wildman–Crippen MR) is 144 cm³/mol. The molecular weight excluding hydrogens is 488 g/mol. The molecule has 8 heteroatoms. The first-order valence-corrected chi connectivity index (χ1v) is 13.9. The van der Waals surface area contributed by atoms with Gasteiger partial charge in [0.15, 0.2) is 0 Å². The quantitative estimate of drug-likeness (QED) is 0.456. The first-order chi connectivity index (χ1) is 17.7. The van der Waals surface area contributed by atoms with Crippen molar-refractivity contribution in [2.75, 3.05) is 40.8 Å². The fraction of sp³-hybridized carbons (Fsp3) is 0.345. The molecule has 1 aliphatic rings. The van der Waals surface area contributed by atoms with Gasteiger partial charge in [-0.25, -0.2) is 17.5 Å². The molecule has 0 amide bonds. The SMILES string of the molecule is COc1cccc([C@]2(c3ccccc3C(=O)O)CCN(S(=O)(=O)Cc3ccccc3)C[C@H]2CN(C)C)c1. The van der Waals surface area contributed by atoms with Crippen molar-refractivity contribution >= 4 is 16.0 Å². The van der Waals surface area contributed by atoms with E-state index in [0.717, 1.165) is 11.1 Å². The monoisotopic (exact) mass is 522 g/mol. The number of nitrogens with zero attached hydrogens (tertiary/aromatic N) is 2. The van der Waals surface area contributed by atoms with E-state index in [-0.39, 0.29) is 30.3 Å². The Morgan fingerprint density at radius 2 is 1.76 bits per heavy atom. The molecular formula is C29H34N2O5S.